The minimum atomic E-state index is -0.536. The van der Waals surface area contributed by atoms with E-state index in [9.17, 15) is 9.59 Å². The SMILES string of the molecule is CCNC(=O)c1ccc(OC(=O)NC)cc1. The third-order valence-corrected chi connectivity index (χ3v) is 1.87. The highest BCUT2D eigenvalue weighted by Crippen LogP contribution is 2.12. The Hall–Kier alpha value is -2.04. The fourth-order valence-electron chi connectivity index (χ4n) is 1.10. The highest BCUT2D eigenvalue weighted by atomic mass is 16.5. The van der Waals surface area contributed by atoms with Gasteiger partial charge in [-0.05, 0) is 31.2 Å². The van der Waals surface area contributed by atoms with Crippen LogP contribution in [0, 0.1) is 0 Å². The molecule has 0 heterocycles. The van der Waals surface area contributed by atoms with Crippen LogP contribution in [0.25, 0.3) is 0 Å². The Morgan fingerprint density at radius 1 is 1.25 bits per heavy atom. The molecule has 1 aromatic carbocycles. The second-order valence-electron chi connectivity index (χ2n) is 3.02. The molecule has 86 valence electrons. The Kier molecular flexibility index (Phi) is 4.32. The maximum Gasteiger partial charge on any atom is 0.412 e. The minimum absolute atomic E-state index is 0.144. The molecule has 0 bridgehead atoms. The fourth-order valence-corrected chi connectivity index (χ4v) is 1.10. The van der Waals surface area contributed by atoms with E-state index in [2.05, 4.69) is 10.6 Å². The van der Waals surface area contributed by atoms with Crippen LogP contribution in [-0.4, -0.2) is 25.6 Å². The first-order chi connectivity index (χ1) is 7.67. The number of rotatable bonds is 3. The Morgan fingerprint density at radius 3 is 2.38 bits per heavy atom. The van der Waals surface area contributed by atoms with Crippen LogP contribution in [0.15, 0.2) is 24.3 Å². The monoisotopic (exact) mass is 222 g/mol. The second-order valence-corrected chi connectivity index (χ2v) is 3.02. The van der Waals surface area contributed by atoms with Crippen LogP contribution in [0.5, 0.6) is 5.75 Å². The van der Waals surface area contributed by atoms with Crippen LogP contribution in [0.4, 0.5) is 4.79 Å². The van der Waals surface area contributed by atoms with Crippen LogP contribution >= 0.6 is 0 Å². The average molecular weight is 222 g/mol. The highest BCUT2D eigenvalue weighted by Gasteiger charge is 2.05. The summed E-state index contributed by atoms with van der Waals surface area (Å²) < 4.78 is 4.88. The molecule has 0 unspecified atom stereocenters. The van der Waals surface area contributed by atoms with Gasteiger partial charge in [-0.1, -0.05) is 0 Å². The summed E-state index contributed by atoms with van der Waals surface area (Å²) in [4.78, 5) is 22.3. The molecule has 0 aromatic heterocycles. The number of hydrogen-bond acceptors (Lipinski definition) is 3. The van der Waals surface area contributed by atoms with E-state index >= 15 is 0 Å². The first-order valence-electron chi connectivity index (χ1n) is 4.95. The Morgan fingerprint density at radius 2 is 1.88 bits per heavy atom. The van der Waals surface area contributed by atoms with Crippen LogP contribution in [-0.2, 0) is 0 Å². The maximum atomic E-state index is 11.4. The predicted octanol–water partition coefficient (Wildman–Crippen LogP) is 1.15. The van der Waals surface area contributed by atoms with Gasteiger partial charge >= 0.3 is 6.09 Å². The van der Waals surface area contributed by atoms with Gasteiger partial charge in [0, 0.05) is 19.2 Å². The maximum absolute atomic E-state index is 11.4. The third kappa shape index (κ3) is 3.27. The van der Waals surface area contributed by atoms with E-state index in [1.807, 2.05) is 6.92 Å². The minimum Gasteiger partial charge on any atom is -0.410 e. The molecular formula is C11H14N2O3. The molecule has 0 saturated heterocycles. The Bertz CT molecular complexity index is 373. The molecule has 0 radical (unpaired) electrons. The highest BCUT2D eigenvalue weighted by molar-refractivity contribution is 5.94. The topological polar surface area (TPSA) is 67.4 Å². The van der Waals surface area contributed by atoms with Gasteiger partial charge in [0.2, 0.25) is 0 Å². The second kappa shape index (κ2) is 5.75. The van der Waals surface area contributed by atoms with Gasteiger partial charge in [0.05, 0.1) is 0 Å². The molecule has 5 heteroatoms. The van der Waals surface area contributed by atoms with Gasteiger partial charge in [0.1, 0.15) is 5.75 Å². The van der Waals surface area contributed by atoms with Crippen LogP contribution in [0.3, 0.4) is 0 Å². The van der Waals surface area contributed by atoms with E-state index in [1.54, 1.807) is 24.3 Å². The van der Waals surface area contributed by atoms with Crippen molar-refractivity contribution in [1.29, 1.82) is 0 Å². The van der Waals surface area contributed by atoms with E-state index in [1.165, 1.54) is 7.05 Å². The van der Waals surface area contributed by atoms with E-state index < -0.39 is 6.09 Å². The van der Waals surface area contributed by atoms with Gasteiger partial charge in [0.25, 0.3) is 5.91 Å². The molecule has 1 rings (SSSR count). The van der Waals surface area contributed by atoms with Crippen LogP contribution in [0.2, 0.25) is 0 Å². The van der Waals surface area contributed by atoms with Gasteiger partial charge in [-0.25, -0.2) is 4.79 Å². The first-order valence-corrected chi connectivity index (χ1v) is 4.95. The number of carbonyl (C=O) groups is 2. The van der Waals surface area contributed by atoms with Gasteiger partial charge in [-0.15, -0.1) is 0 Å². The fraction of sp³-hybridized carbons (Fsp3) is 0.273. The molecule has 0 fully saturated rings. The molecule has 5 nitrogen and oxygen atoms in total. The number of benzene rings is 1. The lowest BCUT2D eigenvalue weighted by atomic mass is 10.2. The third-order valence-electron chi connectivity index (χ3n) is 1.87. The molecule has 2 amide bonds. The summed E-state index contributed by atoms with van der Waals surface area (Å²) in [5, 5.41) is 5.00. The lowest BCUT2D eigenvalue weighted by molar-refractivity contribution is 0.0956. The van der Waals surface area contributed by atoms with Crippen molar-refractivity contribution in [2.75, 3.05) is 13.6 Å². The van der Waals surface area contributed by atoms with Crippen LogP contribution < -0.4 is 15.4 Å². The van der Waals surface area contributed by atoms with Crippen molar-refractivity contribution in [2.24, 2.45) is 0 Å². The van der Waals surface area contributed by atoms with Gasteiger partial charge in [-0.3, -0.25) is 4.79 Å². The summed E-state index contributed by atoms with van der Waals surface area (Å²) in [5.41, 5.74) is 0.533. The molecule has 1 aromatic rings. The zero-order chi connectivity index (χ0) is 12.0. The van der Waals surface area contributed by atoms with Gasteiger partial charge in [-0.2, -0.15) is 0 Å². The lowest BCUT2D eigenvalue weighted by Crippen LogP contribution is -2.23. The largest absolute Gasteiger partial charge is 0.412 e. The van der Waals surface area contributed by atoms with Gasteiger partial charge in [0.15, 0.2) is 0 Å². The summed E-state index contributed by atoms with van der Waals surface area (Å²) in [6, 6.07) is 6.34. The van der Waals surface area contributed by atoms with E-state index in [0.717, 1.165) is 0 Å². The Labute approximate surface area is 93.8 Å². The predicted molar refractivity (Wildman–Crippen MR) is 59.5 cm³/mol. The zero-order valence-corrected chi connectivity index (χ0v) is 9.24. The number of nitrogens with one attached hydrogen (secondary N) is 2. The van der Waals surface area contributed by atoms with Crippen molar-refractivity contribution in [3.8, 4) is 5.75 Å². The molecule has 16 heavy (non-hydrogen) atoms. The van der Waals surface area contributed by atoms with Crippen molar-refractivity contribution < 1.29 is 14.3 Å². The molecular weight excluding hydrogens is 208 g/mol. The molecule has 0 spiro atoms. The Balaban J connectivity index is 2.67. The van der Waals surface area contributed by atoms with Crippen molar-refractivity contribution in [3.05, 3.63) is 29.8 Å². The summed E-state index contributed by atoms with van der Waals surface area (Å²) in [5.74, 6) is 0.251. The molecule has 0 aliphatic heterocycles. The number of ether oxygens (including phenoxy) is 1. The van der Waals surface area contributed by atoms with Gasteiger partial charge < -0.3 is 15.4 Å². The smallest absolute Gasteiger partial charge is 0.410 e. The number of carbonyl (C=O) groups excluding carboxylic acids is 2. The van der Waals surface area contributed by atoms with Crippen molar-refractivity contribution >= 4 is 12.0 Å². The quantitative estimate of drug-likeness (QED) is 0.806. The van der Waals surface area contributed by atoms with Crippen molar-refractivity contribution in [2.45, 2.75) is 6.92 Å². The number of amides is 2. The summed E-state index contributed by atoms with van der Waals surface area (Å²) in [6.45, 7) is 2.43. The van der Waals surface area contributed by atoms with E-state index in [-0.39, 0.29) is 5.91 Å². The summed E-state index contributed by atoms with van der Waals surface area (Å²) >= 11 is 0. The normalized spacial score (nSPS) is 9.38. The molecule has 0 atom stereocenters. The first kappa shape index (κ1) is 12.0. The van der Waals surface area contributed by atoms with Crippen LogP contribution in [0.1, 0.15) is 17.3 Å². The van der Waals surface area contributed by atoms with E-state index in [0.29, 0.717) is 17.9 Å². The van der Waals surface area contributed by atoms with E-state index in [4.69, 9.17) is 4.74 Å². The molecule has 0 aliphatic rings. The summed E-state index contributed by atoms with van der Waals surface area (Å²) in [6.07, 6.45) is -0.536. The van der Waals surface area contributed by atoms with Crippen molar-refractivity contribution in [1.82, 2.24) is 10.6 Å². The van der Waals surface area contributed by atoms with Crippen molar-refractivity contribution in [3.63, 3.8) is 0 Å². The number of hydrogen-bond donors (Lipinski definition) is 2. The molecule has 0 aliphatic carbocycles. The summed E-state index contributed by atoms with van der Waals surface area (Å²) in [7, 11) is 1.48. The average Bonchev–Trinajstić information content (AvgIpc) is 2.30. The molecule has 2 N–H and O–H groups in total. The molecule has 0 saturated carbocycles. The lowest BCUT2D eigenvalue weighted by Gasteiger charge is -2.05. The zero-order valence-electron chi connectivity index (χ0n) is 9.24. The standard InChI is InChI=1S/C11H14N2O3/c1-3-13-10(14)8-4-6-9(7-5-8)16-11(15)12-2/h4-7H,3H2,1-2H3,(H,12,15)(H,13,14).